The van der Waals surface area contributed by atoms with Gasteiger partial charge in [-0.05, 0) is 31.0 Å². The Morgan fingerprint density at radius 3 is 3.05 bits per heavy atom. The van der Waals surface area contributed by atoms with Crippen LogP contribution < -0.4 is 10.6 Å². The molecule has 2 unspecified atom stereocenters. The Morgan fingerprint density at radius 1 is 1.52 bits per heavy atom. The summed E-state index contributed by atoms with van der Waals surface area (Å²) in [6, 6.07) is 5.17. The van der Waals surface area contributed by atoms with E-state index in [9.17, 15) is 9.90 Å². The van der Waals surface area contributed by atoms with Crippen LogP contribution in [-0.2, 0) is 4.79 Å². The number of anilines is 1. The molecule has 1 aliphatic rings. The van der Waals surface area contributed by atoms with Gasteiger partial charge in [-0.3, -0.25) is 4.79 Å². The average Bonchev–Trinajstić information content (AvgIpc) is 3.12. The predicted octanol–water partition coefficient (Wildman–Crippen LogP) is 0.706. The molecule has 1 saturated heterocycles. The Kier molecular flexibility index (Phi) is 3.68. The summed E-state index contributed by atoms with van der Waals surface area (Å²) in [5.41, 5.74) is 2.37. The quantitative estimate of drug-likeness (QED) is 0.769. The summed E-state index contributed by atoms with van der Waals surface area (Å²) in [5, 5.41) is 22.8. The molecule has 3 rings (SSSR count). The molecule has 1 aromatic carbocycles. The Morgan fingerprint density at radius 2 is 2.38 bits per heavy atom. The van der Waals surface area contributed by atoms with Gasteiger partial charge in [0.05, 0.1) is 12.1 Å². The topological polar surface area (TPSA) is 100 Å². The van der Waals surface area contributed by atoms with E-state index in [0.29, 0.717) is 24.5 Å². The number of carbonyl (C=O) groups excluding carboxylic acids is 1. The first-order valence-corrected chi connectivity index (χ1v) is 6.73. The number of benzene rings is 1. The Labute approximate surface area is 121 Å². The number of nitrogens with zero attached hydrogens (tertiary/aromatic N) is 2. The summed E-state index contributed by atoms with van der Waals surface area (Å²) in [6.45, 7) is 2.35. The lowest BCUT2D eigenvalue weighted by Crippen LogP contribution is -2.35. The summed E-state index contributed by atoms with van der Waals surface area (Å²) in [7, 11) is 0. The monoisotopic (exact) mass is 288 g/mol. The van der Waals surface area contributed by atoms with Crippen molar-refractivity contribution in [3.63, 3.8) is 0 Å². The molecule has 1 aromatic heterocycles. The maximum absolute atomic E-state index is 12.2. The molecule has 3 N–H and O–H groups in total. The van der Waals surface area contributed by atoms with Gasteiger partial charge < -0.3 is 20.2 Å². The zero-order chi connectivity index (χ0) is 14.8. The molecule has 1 fully saturated rings. The van der Waals surface area contributed by atoms with Crippen molar-refractivity contribution < 1.29 is 14.3 Å². The van der Waals surface area contributed by atoms with Crippen molar-refractivity contribution in [3.05, 3.63) is 30.2 Å². The lowest BCUT2D eigenvalue weighted by atomic mass is 10.1. The lowest BCUT2D eigenvalue weighted by molar-refractivity contribution is -0.117. The summed E-state index contributed by atoms with van der Waals surface area (Å²) < 4.78 is 5.15. The maximum atomic E-state index is 12.2. The van der Waals surface area contributed by atoms with Crippen LogP contribution in [0.5, 0.6) is 0 Å². The molecule has 7 nitrogen and oxygen atoms in total. The number of amides is 1. The molecule has 0 radical (unpaired) electrons. The fourth-order valence-corrected chi connectivity index (χ4v) is 2.33. The smallest absolute Gasteiger partial charge is 0.247 e. The van der Waals surface area contributed by atoms with Crippen molar-refractivity contribution in [1.29, 1.82) is 0 Å². The van der Waals surface area contributed by atoms with E-state index in [1.807, 2.05) is 19.1 Å². The Balaban J connectivity index is 1.78. The highest BCUT2D eigenvalue weighted by atomic mass is 16.4. The van der Waals surface area contributed by atoms with E-state index in [4.69, 9.17) is 4.42 Å². The summed E-state index contributed by atoms with van der Waals surface area (Å²) in [5.74, 6) is 0.247. The van der Waals surface area contributed by atoms with Gasteiger partial charge in [-0.15, -0.1) is 10.2 Å². The molecule has 0 bridgehead atoms. The summed E-state index contributed by atoms with van der Waals surface area (Å²) in [4.78, 5) is 12.2. The number of β-amino-alcohol motifs (C(OH)–C–C–N with tert-alkyl or cyclic N) is 1. The predicted molar refractivity (Wildman–Crippen MR) is 75.5 cm³/mol. The van der Waals surface area contributed by atoms with E-state index < -0.39 is 6.10 Å². The highest BCUT2D eigenvalue weighted by molar-refractivity contribution is 5.96. The molecule has 7 heteroatoms. The van der Waals surface area contributed by atoms with Crippen LogP contribution in [0.1, 0.15) is 12.0 Å². The van der Waals surface area contributed by atoms with Crippen molar-refractivity contribution >= 4 is 11.6 Å². The molecule has 0 spiro atoms. The number of aliphatic hydroxyl groups excluding tert-OH is 1. The van der Waals surface area contributed by atoms with E-state index in [1.54, 1.807) is 6.07 Å². The zero-order valence-electron chi connectivity index (χ0n) is 11.5. The number of aryl methyl sites for hydroxylation is 1. The maximum Gasteiger partial charge on any atom is 0.247 e. The number of hydrogen-bond donors (Lipinski definition) is 3. The fraction of sp³-hybridized carbons (Fsp3) is 0.357. The van der Waals surface area contributed by atoms with Gasteiger partial charge in [0.2, 0.25) is 18.2 Å². The van der Waals surface area contributed by atoms with Crippen molar-refractivity contribution in [2.45, 2.75) is 25.5 Å². The minimum Gasteiger partial charge on any atom is -0.423 e. The van der Waals surface area contributed by atoms with Crippen molar-refractivity contribution in [1.82, 2.24) is 15.5 Å². The lowest BCUT2D eigenvalue weighted by Gasteiger charge is -2.13. The Bertz CT molecular complexity index is 642. The van der Waals surface area contributed by atoms with Gasteiger partial charge in [0, 0.05) is 17.8 Å². The van der Waals surface area contributed by atoms with E-state index in [0.717, 1.165) is 11.1 Å². The normalized spacial score (nSPS) is 21.4. The standard InChI is InChI=1S/C14H16N4O3/c1-8-2-3-9(14-18-16-7-21-14)4-11(8)17-13(20)12-5-10(19)6-15-12/h2-4,7,10,12,15,19H,5-6H2,1H3,(H,17,20). The number of aromatic nitrogens is 2. The largest absolute Gasteiger partial charge is 0.423 e. The Hall–Kier alpha value is -2.25. The van der Waals surface area contributed by atoms with Gasteiger partial charge in [-0.2, -0.15) is 0 Å². The number of nitrogens with one attached hydrogen (secondary N) is 2. The van der Waals surface area contributed by atoms with E-state index in [2.05, 4.69) is 20.8 Å². The van der Waals surface area contributed by atoms with Gasteiger partial charge in [-0.25, -0.2) is 0 Å². The molecular weight excluding hydrogens is 272 g/mol. The first kappa shape index (κ1) is 13.7. The second kappa shape index (κ2) is 5.63. The zero-order valence-corrected chi connectivity index (χ0v) is 11.5. The molecule has 0 aliphatic carbocycles. The van der Waals surface area contributed by atoms with Gasteiger partial charge in [0.1, 0.15) is 0 Å². The van der Waals surface area contributed by atoms with Gasteiger partial charge in [0.25, 0.3) is 0 Å². The van der Waals surface area contributed by atoms with Crippen LogP contribution in [0.4, 0.5) is 5.69 Å². The van der Waals surface area contributed by atoms with E-state index >= 15 is 0 Å². The summed E-state index contributed by atoms with van der Waals surface area (Å²) >= 11 is 0. The van der Waals surface area contributed by atoms with Crippen LogP contribution in [0.3, 0.4) is 0 Å². The molecule has 0 saturated carbocycles. The van der Waals surface area contributed by atoms with Crippen LogP contribution in [0.2, 0.25) is 0 Å². The highest BCUT2D eigenvalue weighted by Gasteiger charge is 2.28. The number of aliphatic hydroxyl groups is 1. The van der Waals surface area contributed by atoms with Crippen LogP contribution in [0, 0.1) is 6.92 Å². The first-order chi connectivity index (χ1) is 10.1. The fourth-order valence-electron chi connectivity index (χ4n) is 2.33. The molecule has 2 heterocycles. The minimum absolute atomic E-state index is 0.155. The first-order valence-electron chi connectivity index (χ1n) is 6.73. The number of hydrogen-bond acceptors (Lipinski definition) is 6. The van der Waals surface area contributed by atoms with Crippen molar-refractivity contribution in [2.75, 3.05) is 11.9 Å². The van der Waals surface area contributed by atoms with Crippen LogP contribution in [0.25, 0.3) is 11.5 Å². The second-order valence-electron chi connectivity index (χ2n) is 5.11. The molecule has 21 heavy (non-hydrogen) atoms. The molecular formula is C14H16N4O3. The van der Waals surface area contributed by atoms with Crippen LogP contribution >= 0.6 is 0 Å². The number of rotatable bonds is 3. The average molecular weight is 288 g/mol. The highest BCUT2D eigenvalue weighted by Crippen LogP contribution is 2.24. The van der Waals surface area contributed by atoms with Crippen LogP contribution in [-0.4, -0.2) is 39.9 Å². The summed E-state index contributed by atoms with van der Waals surface area (Å²) in [6.07, 6.45) is 1.22. The third kappa shape index (κ3) is 2.93. The molecule has 1 amide bonds. The van der Waals surface area contributed by atoms with E-state index in [-0.39, 0.29) is 11.9 Å². The molecule has 1 aliphatic heterocycles. The second-order valence-corrected chi connectivity index (χ2v) is 5.11. The SMILES string of the molecule is Cc1ccc(-c2nnco2)cc1NC(=O)C1CC(O)CN1. The number of carbonyl (C=O) groups is 1. The molecule has 2 atom stereocenters. The van der Waals surface area contributed by atoms with E-state index in [1.165, 1.54) is 6.39 Å². The third-order valence-electron chi connectivity index (χ3n) is 3.53. The van der Waals surface area contributed by atoms with Crippen molar-refractivity contribution in [3.8, 4) is 11.5 Å². The minimum atomic E-state index is -0.466. The van der Waals surface area contributed by atoms with Crippen molar-refractivity contribution in [2.24, 2.45) is 0 Å². The molecule has 110 valence electrons. The van der Waals surface area contributed by atoms with Crippen LogP contribution in [0.15, 0.2) is 29.0 Å². The molecule has 2 aromatic rings. The van der Waals surface area contributed by atoms with Gasteiger partial charge in [-0.1, -0.05) is 6.07 Å². The third-order valence-corrected chi connectivity index (χ3v) is 3.53. The van der Waals surface area contributed by atoms with Gasteiger partial charge in [0.15, 0.2) is 0 Å². The van der Waals surface area contributed by atoms with Gasteiger partial charge >= 0.3 is 0 Å².